The van der Waals surface area contributed by atoms with Crippen molar-refractivity contribution in [3.8, 4) is 0 Å². The maximum Gasteiger partial charge on any atom is 0.150 e. The molecule has 0 radical (unpaired) electrons. The lowest BCUT2D eigenvalue weighted by molar-refractivity contribution is 0.543. The van der Waals surface area contributed by atoms with E-state index < -0.39 is 0 Å². The number of hydrogen-bond donors (Lipinski definition) is 0. The Hall–Kier alpha value is -1.27. The first kappa shape index (κ1) is 5.86. The molecule has 46 valence electrons. The number of rotatable bonds is 0. The lowest BCUT2D eigenvalue weighted by Crippen LogP contribution is -2.10. The average Bonchev–Trinajstić information content (AvgIpc) is 1.89. The summed E-state index contributed by atoms with van der Waals surface area (Å²) in [6.45, 7) is 0. The summed E-state index contributed by atoms with van der Waals surface area (Å²) in [5, 5.41) is 0. The highest BCUT2D eigenvalue weighted by Gasteiger charge is 1.98. The fourth-order valence-electron chi connectivity index (χ4n) is 0.629. The van der Waals surface area contributed by atoms with Crippen LogP contribution in [0.3, 0.4) is 0 Å². The first-order valence-corrected chi connectivity index (χ1v) is 2.67. The van der Waals surface area contributed by atoms with Crippen LogP contribution in [-0.4, -0.2) is 17.9 Å². The van der Waals surface area contributed by atoms with Gasteiger partial charge >= 0.3 is 0 Å². The van der Waals surface area contributed by atoms with Crippen LogP contribution >= 0.6 is 0 Å². The van der Waals surface area contributed by atoms with Crippen molar-refractivity contribution in [3.05, 3.63) is 30.1 Å². The monoisotopic (exact) mass is 121 g/mol. The molecule has 0 unspecified atom stereocenters. The van der Waals surface area contributed by atoms with Gasteiger partial charge in [0.25, 0.3) is 0 Å². The summed E-state index contributed by atoms with van der Waals surface area (Å²) in [6.07, 6.45) is 7.19. The van der Waals surface area contributed by atoms with Crippen LogP contribution in [-0.2, 0) is 4.79 Å². The molecule has 0 spiro atoms. The van der Waals surface area contributed by atoms with Gasteiger partial charge in [0.1, 0.15) is 5.70 Å². The molecule has 0 aromatic carbocycles. The lowest BCUT2D eigenvalue weighted by atomic mass is 10.3. The van der Waals surface area contributed by atoms with Crippen LogP contribution in [0.1, 0.15) is 0 Å². The summed E-state index contributed by atoms with van der Waals surface area (Å²) in [7, 11) is 1.81. The summed E-state index contributed by atoms with van der Waals surface area (Å²) in [5.74, 6) is 1.81. The van der Waals surface area contributed by atoms with Crippen molar-refractivity contribution >= 4 is 5.94 Å². The first-order chi connectivity index (χ1) is 4.34. The minimum atomic E-state index is 0.567. The van der Waals surface area contributed by atoms with Crippen molar-refractivity contribution in [2.45, 2.75) is 0 Å². The Kier molecular flexibility index (Phi) is 1.52. The molecule has 0 bridgehead atoms. The van der Waals surface area contributed by atoms with Gasteiger partial charge in [0, 0.05) is 13.2 Å². The predicted octanol–water partition coefficient (Wildman–Crippen LogP) is 0.717. The first-order valence-electron chi connectivity index (χ1n) is 2.67. The van der Waals surface area contributed by atoms with Crippen LogP contribution in [0.5, 0.6) is 0 Å². The standard InChI is InChI=1S/C7H7NO/c1-8-5-3-2-4-7(8)6-9/h2-5H,1H3. The van der Waals surface area contributed by atoms with Gasteiger partial charge in [-0.15, -0.1) is 0 Å². The van der Waals surface area contributed by atoms with Crippen molar-refractivity contribution in [1.29, 1.82) is 0 Å². The quantitative estimate of drug-likeness (QED) is 0.440. The minimum Gasteiger partial charge on any atom is -0.342 e. The van der Waals surface area contributed by atoms with Gasteiger partial charge in [-0.1, -0.05) is 6.08 Å². The molecule has 2 heteroatoms. The van der Waals surface area contributed by atoms with E-state index in [1.165, 1.54) is 0 Å². The highest BCUT2D eigenvalue weighted by atomic mass is 16.1. The zero-order chi connectivity index (χ0) is 6.69. The van der Waals surface area contributed by atoms with E-state index in [1.54, 1.807) is 30.3 Å². The molecule has 0 saturated heterocycles. The number of likely N-dealkylation sites (N-methyl/N-ethyl adjacent to an activating group) is 1. The summed E-state index contributed by atoms with van der Waals surface area (Å²) < 4.78 is 0. The van der Waals surface area contributed by atoms with Gasteiger partial charge in [0.2, 0.25) is 0 Å². The summed E-state index contributed by atoms with van der Waals surface area (Å²) >= 11 is 0. The molecule has 0 atom stereocenters. The van der Waals surface area contributed by atoms with Gasteiger partial charge in [0.05, 0.1) is 0 Å². The van der Waals surface area contributed by atoms with E-state index in [4.69, 9.17) is 0 Å². The van der Waals surface area contributed by atoms with E-state index in [0.717, 1.165) is 0 Å². The highest BCUT2D eigenvalue weighted by molar-refractivity contribution is 5.57. The highest BCUT2D eigenvalue weighted by Crippen LogP contribution is 2.04. The fraction of sp³-hybridized carbons (Fsp3) is 0.143. The third kappa shape index (κ3) is 1.09. The van der Waals surface area contributed by atoms with E-state index >= 15 is 0 Å². The van der Waals surface area contributed by atoms with Crippen LogP contribution in [0.25, 0.3) is 0 Å². The van der Waals surface area contributed by atoms with Crippen molar-refractivity contribution in [1.82, 2.24) is 4.90 Å². The second-order valence-corrected chi connectivity index (χ2v) is 1.80. The molecule has 1 aliphatic heterocycles. The average molecular weight is 121 g/mol. The van der Waals surface area contributed by atoms with Crippen molar-refractivity contribution in [3.63, 3.8) is 0 Å². The fourth-order valence-corrected chi connectivity index (χ4v) is 0.629. The van der Waals surface area contributed by atoms with Crippen molar-refractivity contribution in [2.24, 2.45) is 0 Å². The zero-order valence-corrected chi connectivity index (χ0v) is 5.16. The maximum atomic E-state index is 10.1. The largest absolute Gasteiger partial charge is 0.342 e. The van der Waals surface area contributed by atoms with Crippen molar-refractivity contribution in [2.75, 3.05) is 7.05 Å². The van der Waals surface area contributed by atoms with Crippen LogP contribution in [0.4, 0.5) is 0 Å². The van der Waals surface area contributed by atoms with Gasteiger partial charge in [-0.25, -0.2) is 4.79 Å². The maximum absolute atomic E-state index is 10.1. The molecule has 0 aromatic heterocycles. The zero-order valence-electron chi connectivity index (χ0n) is 5.16. The molecule has 0 amide bonds. The van der Waals surface area contributed by atoms with Crippen LogP contribution in [0, 0.1) is 0 Å². The molecule has 9 heavy (non-hydrogen) atoms. The third-order valence-electron chi connectivity index (χ3n) is 1.16. The summed E-state index contributed by atoms with van der Waals surface area (Å²) in [5.41, 5.74) is 0.567. The SMILES string of the molecule is CN1C=CC=CC1=C=O. The van der Waals surface area contributed by atoms with Gasteiger partial charge in [0.15, 0.2) is 5.94 Å². The number of allylic oxidation sites excluding steroid dienone is 3. The molecule has 1 aliphatic rings. The van der Waals surface area contributed by atoms with E-state index in [9.17, 15) is 4.79 Å². The molecular formula is C7H7NO. The Morgan fingerprint density at radius 3 is 2.78 bits per heavy atom. The molecular weight excluding hydrogens is 114 g/mol. The van der Waals surface area contributed by atoms with Gasteiger partial charge in [-0.05, 0) is 12.2 Å². The normalized spacial score (nSPS) is 16.1. The molecule has 0 fully saturated rings. The second kappa shape index (κ2) is 2.33. The molecule has 1 heterocycles. The van der Waals surface area contributed by atoms with Gasteiger partial charge in [-0.3, -0.25) is 0 Å². The van der Waals surface area contributed by atoms with Gasteiger partial charge < -0.3 is 4.90 Å². The molecule has 0 saturated carbocycles. The molecule has 2 nitrogen and oxygen atoms in total. The molecule has 0 N–H and O–H groups in total. The molecule has 1 rings (SSSR count). The lowest BCUT2D eigenvalue weighted by Gasteiger charge is -2.12. The number of nitrogens with zero attached hydrogens (tertiary/aromatic N) is 1. The number of carbonyl (C=O) groups excluding carboxylic acids is 1. The second-order valence-electron chi connectivity index (χ2n) is 1.80. The molecule has 0 aromatic rings. The topological polar surface area (TPSA) is 20.3 Å². The number of hydrogen-bond acceptors (Lipinski definition) is 2. The molecule has 0 aliphatic carbocycles. The predicted molar refractivity (Wildman–Crippen MR) is 35.2 cm³/mol. The Morgan fingerprint density at radius 2 is 2.33 bits per heavy atom. The van der Waals surface area contributed by atoms with E-state index in [2.05, 4.69) is 0 Å². The van der Waals surface area contributed by atoms with Crippen LogP contribution in [0.15, 0.2) is 30.1 Å². The minimum absolute atomic E-state index is 0.567. The van der Waals surface area contributed by atoms with E-state index in [1.807, 2.05) is 12.0 Å². The Balaban J connectivity index is 2.90. The van der Waals surface area contributed by atoms with Crippen molar-refractivity contribution < 1.29 is 4.79 Å². The van der Waals surface area contributed by atoms with Gasteiger partial charge in [-0.2, -0.15) is 0 Å². The van der Waals surface area contributed by atoms with E-state index in [0.29, 0.717) is 5.70 Å². The Labute approximate surface area is 53.8 Å². The Morgan fingerprint density at radius 1 is 1.56 bits per heavy atom. The summed E-state index contributed by atoms with van der Waals surface area (Å²) in [6, 6.07) is 0. The third-order valence-corrected chi connectivity index (χ3v) is 1.16. The smallest absolute Gasteiger partial charge is 0.150 e. The van der Waals surface area contributed by atoms with Crippen LogP contribution < -0.4 is 0 Å². The van der Waals surface area contributed by atoms with E-state index in [-0.39, 0.29) is 0 Å². The van der Waals surface area contributed by atoms with Crippen LogP contribution in [0.2, 0.25) is 0 Å². The summed E-state index contributed by atoms with van der Waals surface area (Å²) in [4.78, 5) is 11.8. The Bertz CT molecular complexity index is 209.